The van der Waals surface area contributed by atoms with Crippen molar-refractivity contribution < 1.29 is 22.8 Å². The van der Waals surface area contributed by atoms with E-state index >= 15 is 0 Å². The number of hydrogen-bond acceptors (Lipinski definition) is 7. The molecule has 4 aromatic rings. The summed E-state index contributed by atoms with van der Waals surface area (Å²) in [4.78, 5) is 33.5. The summed E-state index contributed by atoms with van der Waals surface area (Å²) in [5, 5.41) is 17.5. The van der Waals surface area contributed by atoms with Gasteiger partial charge < -0.3 is 21.3 Å². The molecular formula is C26H28F3N9O2. The van der Waals surface area contributed by atoms with E-state index < -0.39 is 11.9 Å². The van der Waals surface area contributed by atoms with E-state index in [1.165, 1.54) is 23.0 Å². The Morgan fingerprint density at radius 2 is 1.98 bits per heavy atom. The van der Waals surface area contributed by atoms with Crippen molar-refractivity contribution >= 4 is 29.0 Å². The van der Waals surface area contributed by atoms with E-state index in [2.05, 4.69) is 36.3 Å². The Bertz CT molecular complexity index is 1520. The average Bonchev–Trinajstić information content (AvgIpc) is 3.71. The van der Waals surface area contributed by atoms with Gasteiger partial charge in [0.2, 0.25) is 5.91 Å². The molecule has 1 aliphatic rings. The van der Waals surface area contributed by atoms with Gasteiger partial charge in [0.05, 0.1) is 29.7 Å². The van der Waals surface area contributed by atoms with E-state index in [4.69, 9.17) is 0 Å². The number of aryl methyl sites for hydroxylation is 1. The van der Waals surface area contributed by atoms with E-state index in [0.717, 1.165) is 31.1 Å². The van der Waals surface area contributed by atoms with Gasteiger partial charge in [0.1, 0.15) is 5.69 Å². The summed E-state index contributed by atoms with van der Waals surface area (Å²) in [5.74, 6) is 0.0168. The second kappa shape index (κ2) is 11.3. The van der Waals surface area contributed by atoms with E-state index in [1.54, 1.807) is 12.1 Å². The number of amides is 2. The lowest BCUT2D eigenvalue weighted by atomic mass is 10.0. The Morgan fingerprint density at radius 1 is 1.15 bits per heavy atom. The van der Waals surface area contributed by atoms with Crippen LogP contribution in [-0.2, 0) is 17.4 Å². The van der Waals surface area contributed by atoms with E-state index in [-0.39, 0.29) is 29.1 Å². The molecule has 1 unspecified atom stereocenters. The number of carbonyl (C=O) groups excluding carboxylic acids is 2. The summed E-state index contributed by atoms with van der Waals surface area (Å²) in [6, 6.07) is 5.05. The molecule has 1 atom stereocenters. The highest BCUT2D eigenvalue weighted by Crippen LogP contribution is 2.36. The van der Waals surface area contributed by atoms with Crippen LogP contribution in [0.2, 0.25) is 0 Å². The number of H-pyrrole nitrogens is 1. The topological polar surface area (TPSA) is 141 Å². The van der Waals surface area contributed by atoms with Crippen LogP contribution < -0.4 is 21.3 Å². The van der Waals surface area contributed by atoms with Crippen LogP contribution in [0.1, 0.15) is 41.4 Å². The van der Waals surface area contributed by atoms with Crippen molar-refractivity contribution in [2.45, 2.75) is 38.4 Å². The Hall–Kier alpha value is -4.46. The minimum absolute atomic E-state index is 0.0600. The standard InChI is InChI=1S/C26H28F3N9O2/c1-2-15-12-16(5-6-17(15)24(39)32-8-9-33-25(40)19-4-3-7-30-19)36-22-23-34-14-20(38(23)11-10-31-22)18-13-35-37-21(18)26(27,28)29/h5-6,10-14,19,30H,2-4,7-9H2,1H3,(H,31,36)(H,32,39)(H,33,40)(H,35,37). The maximum atomic E-state index is 13.4. The largest absolute Gasteiger partial charge is 0.433 e. The predicted molar refractivity (Wildman–Crippen MR) is 141 cm³/mol. The van der Waals surface area contributed by atoms with Crippen LogP contribution in [0.15, 0.2) is 43.0 Å². The van der Waals surface area contributed by atoms with Gasteiger partial charge in [0.25, 0.3) is 5.91 Å². The molecule has 40 heavy (non-hydrogen) atoms. The molecule has 3 aromatic heterocycles. The molecule has 1 aliphatic heterocycles. The van der Waals surface area contributed by atoms with Gasteiger partial charge in [-0.3, -0.25) is 19.1 Å². The third-order valence-corrected chi connectivity index (χ3v) is 6.71. The van der Waals surface area contributed by atoms with Crippen LogP contribution in [0.3, 0.4) is 0 Å². The number of aromatic nitrogens is 5. The average molecular weight is 556 g/mol. The minimum Gasteiger partial charge on any atom is -0.353 e. The Morgan fingerprint density at radius 3 is 2.73 bits per heavy atom. The fourth-order valence-electron chi connectivity index (χ4n) is 4.71. The van der Waals surface area contributed by atoms with Gasteiger partial charge in [-0.2, -0.15) is 18.3 Å². The van der Waals surface area contributed by atoms with Crippen molar-refractivity contribution in [1.82, 2.24) is 40.5 Å². The highest BCUT2D eigenvalue weighted by atomic mass is 19.4. The van der Waals surface area contributed by atoms with Gasteiger partial charge in [-0.25, -0.2) is 9.97 Å². The number of hydrogen-bond donors (Lipinski definition) is 5. The molecule has 1 saturated heterocycles. The maximum absolute atomic E-state index is 13.4. The number of benzene rings is 1. The molecule has 11 nitrogen and oxygen atoms in total. The number of alkyl halides is 3. The summed E-state index contributed by atoms with van der Waals surface area (Å²) < 4.78 is 41.7. The SMILES string of the molecule is CCc1cc(Nc2nccn3c(-c4cn[nH]c4C(F)(F)F)cnc23)ccc1C(=O)NCCNC(=O)C1CCCN1. The van der Waals surface area contributed by atoms with Crippen LogP contribution in [0, 0.1) is 0 Å². The molecule has 0 saturated carbocycles. The monoisotopic (exact) mass is 555 g/mol. The number of fused-ring (bicyclic) bond motifs is 1. The van der Waals surface area contributed by atoms with Gasteiger partial charge in [0.15, 0.2) is 11.5 Å². The summed E-state index contributed by atoms with van der Waals surface area (Å²) in [6.45, 7) is 3.38. The minimum atomic E-state index is -4.60. The molecule has 0 bridgehead atoms. The lowest BCUT2D eigenvalue weighted by Gasteiger charge is -2.14. The predicted octanol–water partition coefficient (Wildman–Crippen LogP) is 3.04. The number of carbonyl (C=O) groups is 2. The highest BCUT2D eigenvalue weighted by molar-refractivity contribution is 5.96. The fraction of sp³-hybridized carbons (Fsp3) is 0.346. The molecule has 0 spiro atoms. The molecule has 1 aromatic carbocycles. The van der Waals surface area contributed by atoms with Crippen molar-refractivity contribution in [2.75, 3.05) is 25.0 Å². The first kappa shape index (κ1) is 27.1. The third-order valence-electron chi connectivity index (χ3n) is 6.71. The van der Waals surface area contributed by atoms with Gasteiger partial charge >= 0.3 is 6.18 Å². The van der Waals surface area contributed by atoms with Crippen molar-refractivity contribution in [3.8, 4) is 11.3 Å². The molecule has 1 fully saturated rings. The molecule has 2 amide bonds. The summed E-state index contributed by atoms with van der Waals surface area (Å²) in [7, 11) is 0. The molecule has 210 valence electrons. The summed E-state index contributed by atoms with van der Waals surface area (Å²) in [5.41, 5.74) is 1.36. The van der Waals surface area contributed by atoms with Crippen molar-refractivity contribution in [3.05, 3.63) is 59.8 Å². The molecule has 4 heterocycles. The highest BCUT2D eigenvalue weighted by Gasteiger charge is 2.36. The summed E-state index contributed by atoms with van der Waals surface area (Å²) >= 11 is 0. The van der Waals surface area contributed by atoms with E-state index in [1.807, 2.05) is 18.1 Å². The second-order valence-corrected chi connectivity index (χ2v) is 9.32. The Balaban J connectivity index is 1.28. The molecule has 0 aliphatic carbocycles. The number of aromatic amines is 1. The number of imidazole rings is 1. The number of rotatable bonds is 9. The Kier molecular flexibility index (Phi) is 7.69. The van der Waals surface area contributed by atoms with Crippen molar-refractivity contribution in [3.63, 3.8) is 0 Å². The van der Waals surface area contributed by atoms with Gasteiger partial charge in [0, 0.05) is 36.7 Å². The molecular weight excluding hydrogens is 527 g/mol. The maximum Gasteiger partial charge on any atom is 0.433 e. The van der Waals surface area contributed by atoms with Crippen LogP contribution in [0.5, 0.6) is 0 Å². The Labute approximate surface area is 227 Å². The van der Waals surface area contributed by atoms with Gasteiger partial charge in [-0.05, 0) is 49.6 Å². The van der Waals surface area contributed by atoms with Crippen LogP contribution >= 0.6 is 0 Å². The zero-order chi connectivity index (χ0) is 28.3. The lowest BCUT2D eigenvalue weighted by Crippen LogP contribution is -2.43. The lowest BCUT2D eigenvalue weighted by molar-refractivity contribution is -0.140. The normalized spacial score (nSPS) is 15.3. The van der Waals surface area contributed by atoms with Crippen LogP contribution in [0.25, 0.3) is 16.9 Å². The summed E-state index contributed by atoms with van der Waals surface area (Å²) in [6.07, 6.45) is 3.18. The second-order valence-electron chi connectivity index (χ2n) is 9.32. The van der Waals surface area contributed by atoms with Gasteiger partial charge in [-0.1, -0.05) is 6.92 Å². The molecule has 0 radical (unpaired) electrons. The quantitative estimate of drug-likeness (QED) is 0.200. The van der Waals surface area contributed by atoms with Gasteiger partial charge in [-0.15, -0.1) is 0 Å². The molecule has 5 N–H and O–H groups in total. The first-order valence-corrected chi connectivity index (χ1v) is 12.9. The number of nitrogens with zero attached hydrogens (tertiary/aromatic N) is 4. The first-order chi connectivity index (χ1) is 19.3. The third kappa shape index (κ3) is 5.61. The number of anilines is 2. The van der Waals surface area contributed by atoms with Crippen LogP contribution in [-0.4, -0.2) is 62.1 Å². The zero-order valence-corrected chi connectivity index (χ0v) is 21.6. The smallest absolute Gasteiger partial charge is 0.353 e. The van der Waals surface area contributed by atoms with E-state index in [0.29, 0.717) is 42.2 Å². The van der Waals surface area contributed by atoms with Crippen molar-refractivity contribution in [2.24, 2.45) is 0 Å². The van der Waals surface area contributed by atoms with E-state index in [9.17, 15) is 22.8 Å². The van der Waals surface area contributed by atoms with Crippen molar-refractivity contribution in [1.29, 1.82) is 0 Å². The first-order valence-electron chi connectivity index (χ1n) is 12.9. The van der Waals surface area contributed by atoms with Crippen LogP contribution in [0.4, 0.5) is 24.7 Å². The molecule has 5 rings (SSSR count). The number of halogens is 3. The zero-order valence-electron chi connectivity index (χ0n) is 21.6. The number of nitrogens with one attached hydrogen (secondary N) is 5. The fourth-order valence-corrected chi connectivity index (χ4v) is 4.71. The molecule has 14 heteroatoms.